The normalized spacial score (nSPS) is 11.6. The minimum Gasteiger partial charge on any atom is -0.456 e. The highest BCUT2D eigenvalue weighted by Crippen LogP contribution is 2.39. The first-order chi connectivity index (χ1) is 19.3. The summed E-state index contributed by atoms with van der Waals surface area (Å²) in [4.78, 5) is 3.97. The molecular formula is C34H22N4O. The van der Waals surface area contributed by atoms with E-state index in [1.54, 1.807) is 4.80 Å². The lowest BCUT2D eigenvalue weighted by Crippen LogP contribution is -2.09. The fraction of sp³-hybridized carbons (Fsp3) is 0. The summed E-state index contributed by atoms with van der Waals surface area (Å²) in [6, 6.07) is 45.7. The number of fused-ring (bicyclic) bond motifs is 6. The van der Waals surface area contributed by atoms with E-state index in [2.05, 4.69) is 77.7 Å². The molecule has 0 saturated carbocycles. The lowest BCUT2D eigenvalue weighted by Gasteiger charge is -2.25. The van der Waals surface area contributed by atoms with E-state index >= 15 is 0 Å². The van der Waals surface area contributed by atoms with Crippen molar-refractivity contribution in [1.29, 1.82) is 0 Å². The van der Waals surface area contributed by atoms with Crippen LogP contribution in [0.2, 0.25) is 0 Å². The molecule has 0 fully saturated rings. The van der Waals surface area contributed by atoms with Gasteiger partial charge in [-0.05, 0) is 66.0 Å². The van der Waals surface area contributed by atoms with E-state index in [0.29, 0.717) is 0 Å². The number of hydrogen-bond donors (Lipinski definition) is 0. The van der Waals surface area contributed by atoms with Gasteiger partial charge in [-0.3, -0.25) is 0 Å². The van der Waals surface area contributed by atoms with Crippen LogP contribution in [0.25, 0.3) is 49.4 Å². The number of hydrogen-bond acceptors (Lipinski definition) is 4. The quantitative estimate of drug-likeness (QED) is 0.241. The maximum atomic E-state index is 6.24. The van der Waals surface area contributed by atoms with Crippen LogP contribution in [0.1, 0.15) is 0 Å². The third-order valence-corrected chi connectivity index (χ3v) is 7.23. The average molecular weight is 503 g/mol. The molecule has 8 rings (SSSR count). The van der Waals surface area contributed by atoms with Gasteiger partial charge in [0.1, 0.15) is 22.2 Å². The number of nitrogens with zero attached hydrogens (tertiary/aromatic N) is 4. The van der Waals surface area contributed by atoms with Gasteiger partial charge in [-0.1, -0.05) is 66.7 Å². The molecule has 5 heteroatoms. The fourth-order valence-corrected chi connectivity index (χ4v) is 5.38. The number of benzene rings is 6. The smallest absolute Gasteiger partial charge is 0.137 e. The first-order valence-corrected chi connectivity index (χ1v) is 12.9. The molecular weight excluding hydrogens is 480 g/mol. The van der Waals surface area contributed by atoms with Crippen molar-refractivity contribution in [3.8, 4) is 5.69 Å². The van der Waals surface area contributed by atoms with Crippen molar-refractivity contribution >= 4 is 60.8 Å². The molecule has 0 atom stereocenters. The summed E-state index contributed by atoms with van der Waals surface area (Å²) in [7, 11) is 0. The molecule has 6 aromatic carbocycles. The second-order valence-electron chi connectivity index (χ2n) is 9.61. The lowest BCUT2D eigenvalue weighted by molar-refractivity contribution is 0.669. The van der Waals surface area contributed by atoms with Gasteiger partial charge in [-0.25, -0.2) is 0 Å². The van der Waals surface area contributed by atoms with E-state index in [-0.39, 0.29) is 0 Å². The Morgan fingerprint density at radius 1 is 0.513 bits per heavy atom. The zero-order chi connectivity index (χ0) is 25.8. The molecule has 0 spiro atoms. The molecule has 5 nitrogen and oxygen atoms in total. The summed E-state index contributed by atoms with van der Waals surface area (Å²) in [6.45, 7) is 0. The van der Waals surface area contributed by atoms with Crippen LogP contribution in [0.3, 0.4) is 0 Å². The molecule has 0 N–H and O–H groups in total. The molecule has 0 saturated heterocycles. The molecule has 0 amide bonds. The number of furan rings is 1. The van der Waals surface area contributed by atoms with Crippen molar-refractivity contribution in [2.75, 3.05) is 4.90 Å². The van der Waals surface area contributed by atoms with Crippen LogP contribution in [0.4, 0.5) is 17.1 Å². The topological polar surface area (TPSA) is 47.1 Å². The highest BCUT2D eigenvalue weighted by atomic mass is 16.3. The van der Waals surface area contributed by atoms with Crippen molar-refractivity contribution < 1.29 is 4.42 Å². The van der Waals surface area contributed by atoms with Gasteiger partial charge in [-0.15, -0.1) is 10.2 Å². The van der Waals surface area contributed by atoms with Gasteiger partial charge in [0, 0.05) is 39.3 Å². The molecule has 0 aliphatic carbocycles. The van der Waals surface area contributed by atoms with Gasteiger partial charge in [0.15, 0.2) is 0 Å². The zero-order valence-electron chi connectivity index (χ0n) is 20.9. The molecule has 8 aromatic rings. The summed E-state index contributed by atoms with van der Waals surface area (Å²) in [6.07, 6.45) is 0. The largest absolute Gasteiger partial charge is 0.456 e. The maximum Gasteiger partial charge on any atom is 0.137 e. The molecule has 184 valence electrons. The molecule has 0 aliphatic heterocycles. The summed E-state index contributed by atoms with van der Waals surface area (Å²) in [5.74, 6) is 0. The highest BCUT2D eigenvalue weighted by Gasteiger charge is 2.17. The lowest BCUT2D eigenvalue weighted by atomic mass is 10.1. The van der Waals surface area contributed by atoms with E-state index in [1.165, 1.54) is 0 Å². The molecule has 0 aliphatic rings. The predicted molar refractivity (Wildman–Crippen MR) is 158 cm³/mol. The number of aromatic nitrogens is 3. The van der Waals surface area contributed by atoms with Gasteiger partial charge in [0.05, 0.1) is 5.69 Å². The average Bonchev–Trinajstić information content (AvgIpc) is 3.60. The van der Waals surface area contributed by atoms with E-state index < -0.39 is 0 Å². The van der Waals surface area contributed by atoms with E-state index in [9.17, 15) is 0 Å². The minimum atomic E-state index is 0.860. The number of anilines is 3. The molecule has 0 unspecified atom stereocenters. The molecule has 2 heterocycles. The Morgan fingerprint density at radius 2 is 1.21 bits per heavy atom. The molecule has 0 radical (unpaired) electrons. The van der Waals surface area contributed by atoms with E-state index in [4.69, 9.17) is 14.6 Å². The third-order valence-electron chi connectivity index (χ3n) is 7.23. The van der Waals surface area contributed by atoms with E-state index in [0.717, 1.165) is 66.5 Å². The Balaban J connectivity index is 1.33. The second-order valence-corrected chi connectivity index (χ2v) is 9.61. The van der Waals surface area contributed by atoms with Crippen LogP contribution in [0.15, 0.2) is 138 Å². The van der Waals surface area contributed by atoms with Gasteiger partial charge < -0.3 is 9.32 Å². The standard InChI is InChI=1S/C34H22N4O/c1-3-9-24(10-4-1)37(27-18-19-29-28-13-7-8-14-32(28)39-33(29)22-27)26-17-15-23-16-20-31-34(30(23)21-26)36-38(35-31)25-11-5-2-6-12-25/h1-22H. The third kappa shape index (κ3) is 3.55. The highest BCUT2D eigenvalue weighted by molar-refractivity contribution is 6.07. The summed E-state index contributed by atoms with van der Waals surface area (Å²) in [5, 5.41) is 14.1. The van der Waals surface area contributed by atoms with Crippen LogP contribution < -0.4 is 4.90 Å². The second kappa shape index (κ2) is 8.57. The number of para-hydroxylation sites is 3. The SMILES string of the molecule is c1ccc(N(c2ccc3c(c2)oc2ccccc23)c2ccc3ccc4nn(-c5ccccc5)nc4c3c2)cc1. The monoisotopic (exact) mass is 502 g/mol. The Hall–Kier alpha value is -5.42. The summed E-state index contributed by atoms with van der Waals surface area (Å²) in [5.41, 5.74) is 7.54. The maximum absolute atomic E-state index is 6.24. The first-order valence-electron chi connectivity index (χ1n) is 12.9. The van der Waals surface area contributed by atoms with Crippen LogP contribution in [0.5, 0.6) is 0 Å². The van der Waals surface area contributed by atoms with Crippen LogP contribution in [-0.2, 0) is 0 Å². The fourth-order valence-electron chi connectivity index (χ4n) is 5.38. The van der Waals surface area contributed by atoms with E-state index in [1.807, 2.05) is 60.7 Å². The molecule has 0 bridgehead atoms. The van der Waals surface area contributed by atoms with Crippen LogP contribution >= 0.6 is 0 Å². The van der Waals surface area contributed by atoms with Crippen LogP contribution in [-0.4, -0.2) is 15.0 Å². The van der Waals surface area contributed by atoms with Crippen molar-refractivity contribution in [3.05, 3.63) is 133 Å². The zero-order valence-corrected chi connectivity index (χ0v) is 20.9. The summed E-state index contributed by atoms with van der Waals surface area (Å²) >= 11 is 0. The molecule has 39 heavy (non-hydrogen) atoms. The van der Waals surface area contributed by atoms with Crippen molar-refractivity contribution in [1.82, 2.24) is 15.0 Å². The van der Waals surface area contributed by atoms with Gasteiger partial charge in [0.25, 0.3) is 0 Å². The van der Waals surface area contributed by atoms with Gasteiger partial charge >= 0.3 is 0 Å². The molecule has 2 aromatic heterocycles. The van der Waals surface area contributed by atoms with Gasteiger partial charge in [0.2, 0.25) is 0 Å². The Labute approximate surface area is 224 Å². The van der Waals surface area contributed by atoms with Crippen molar-refractivity contribution in [2.45, 2.75) is 0 Å². The van der Waals surface area contributed by atoms with Crippen LogP contribution in [0, 0.1) is 0 Å². The Morgan fingerprint density at radius 3 is 2.08 bits per heavy atom. The number of rotatable bonds is 4. The van der Waals surface area contributed by atoms with Crippen molar-refractivity contribution in [2.24, 2.45) is 0 Å². The first kappa shape index (κ1) is 21.6. The van der Waals surface area contributed by atoms with Crippen molar-refractivity contribution in [3.63, 3.8) is 0 Å². The van der Waals surface area contributed by atoms with Gasteiger partial charge in [-0.2, -0.15) is 4.80 Å². The Kier molecular flexibility index (Phi) is 4.76. The summed E-state index contributed by atoms with van der Waals surface area (Å²) < 4.78 is 6.24. The predicted octanol–water partition coefficient (Wildman–Crippen LogP) is 8.94. The minimum absolute atomic E-state index is 0.860. The Bertz CT molecular complexity index is 2130.